The second-order valence-electron chi connectivity index (χ2n) is 6.45. The number of aromatic nitrogens is 1. The molecule has 0 aliphatic heterocycles. The molecule has 0 saturated heterocycles. The van der Waals surface area contributed by atoms with Crippen LogP contribution in [0.4, 0.5) is 0 Å². The van der Waals surface area contributed by atoms with E-state index in [-0.39, 0.29) is 11.3 Å². The van der Waals surface area contributed by atoms with E-state index in [0.717, 1.165) is 5.76 Å². The number of oxazole rings is 1. The van der Waals surface area contributed by atoms with Crippen LogP contribution in [-0.4, -0.2) is 37.0 Å². The molecular formula is C17H25N5O3. The van der Waals surface area contributed by atoms with Gasteiger partial charge in [0.2, 0.25) is 5.89 Å². The minimum absolute atomic E-state index is 0.0720. The molecule has 0 atom stereocenters. The molecule has 0 aliphatic rings. The molecule has 2 rings (SSSR count). The van der Waals surface area contributed by atoms with E-state index in [4.69, 9.17) is 8.83 Å². The summed E-state index contributed by atoms with van der Waals surface area (Å²) in [6.07, 6.45) is 3.21. The van der Waals surface area contributed by atoms with Gasteiger partial charge in [-0.2, -0.15) is 0 Å². The molecule has 0 saturated carbocycles. The molecule has 0 aliphatic carbocycles. The average Bonchev–Trinajstić information content (AvgIpc) is 3.25. The number of furan rings is 1. The van der Waals surface area contributed by atoms with E-state index >= 15 is 0 Å². The first-order valence-electron chi connectivity index (χ1n) is 8.11. The summed E-state index contributed by atoms with van der Waals surface area (Å²) in [5.74, 6) is 2.08. The fraction of sp³-hybridized carbons (Fsp3) is 0.471. The lowest BCUT2D eigenvalue weighted by atomic mass is 9.94. The van der Waals surface area contributed by atoms with Crippen LogP contribution in [0.3, 0.4) is 0 Å². The quantitative estimate of drug-likeness (QED) is 0.417. The summed E-state index contributed by atoms with van der Waals surface area (Å²) in [6, 6.07) is 3.29. The van der Waals surface area contributed by atoms with Gasteiger partial charge in [0, 0.05) is 25.6 Å². The Kier molecular flexibility index (Phi) is 6.21. The van der Waals surface area contributed by atoms with Crippen molar-refractivity contribution in [2.45, 2.75) is 32.7 Å². The largest absolute Gasteiger partial charge is 0.459 e. The van der Waals surface area contributed by atoms with Gasteiger partial charge in [-0.25, -0.2) is 4.98 Å². The van der Waals surface area contributed by atoms with Crippen molar-refractivity contribution >= 4 is 11.9 Å². The van der Waals surface area contributed by atoms with E-state index in [2.05, 4.69) is 46.7 Å². The minimum Gasteiger partial charge on any atom is -0.459 e. The third-order valence-electron chi connectivity index (χ3n) is 3.37. The van der Waals surface area contributed by atoms with Crippen LogP contribution in [0.25, 0.3) is 0 Å². The van der Waals surface area contributed by atoms with E-state index in [1.54, 1.807) is 25.4 Å². The maximum absolute atomic E-state index is 11.7. The molecule has 1 amide bonds. The molecule has 0 spiro atoms. The van der Waals surface area contributed by atoms with Gasteiger partial charge in [-0.05, 0) is 12.1 Å². The summed E-state index contributed by atoms with van der Waals surface area (Å²) in [7, 11) is 1.67. The number of guanidine groups is 1. The zero-order valence-electron chi connectivity index (χ0n) is 15.0. The zero-order chi connectivity index (χ0) is 18.3. The SMILES string of the molecule is CN=C(NCCNC(=O)c1ccco1)NCc1ncc(C(C)(C)C)o1. The highest BCUT2D eigenvalue weighted by Gasteiger charge is 2.19. The number of amides is 1. The van der Waals surface area contributed by atoms with Gasteiger partial charge < -0.3 is 24.8 Å². The Hall–Kier alpha value is -2.77. The molecule has 8 nitrogen and oxygen atoms in total. The van der Waals surface area contributed by atoms with Gasteiger partial charge in [-0.1, -0.05) is 20.8 Å². The van der Waals surface area contributed by atoms with Gasteiger partial charge >= 0.3 is 0 Å². The van der Waals surface area contributed by atoms with E-state index < -0.39 is 0 Å². The molecule has 25 heavy (non-hydrogen) atoms. The Morgan fingerprint density at radius 2 is 2.00 bits per heavy atom. The summed E-state index contributed by atoms with van der Waals surface area (Å²) in [5.41, 5.74) is -0.0720. The molecule has 2 heterocycles. The van der Waals surface area contributed by atoms with Crippen molar-refractivity contribution in [3.8, 4) is 0 Å². The van der Waals surface area contributed by atoms with Gasteiger partial charge in [-0.3, -0.25) is 9.79 Å². The maximum Gasteiger partial charge on any atom is 0.287 e. The van der Waals surface area contributed by atoms with E-state index in [1.165, 1.54) is 6.26 Å². The van der Waals surface area contributed by atoms with Crippen molar-refractivity contribution < 1.29 is 13.6 Å². The Morgan fingerprint density at radius 3 is 2.60 bits per heavy atom. The van der Waals surface area contributed by atoms with Crippen molar-refractivity contribution in [1.29, 1.82) is 0 Å². The summed E-state index contributed by atoms with van der Waals surface area (Å²) >= 11 is 0. The monoisotopic (exact) mass is 347 g/mol. The van der Waals surface area contributed by atoms with E-state index in [1.807, 2.05) is 0 Å². The molecule has 0 aromatic carbocycles. The van der Waals surface area contributed by atoms with Crippen LogP contribution in [-0.2, 0) is 12.0 Å². The van der Waals surface area contributed by atoms with Crippen molar-refractivity contribution in [1.82, 2.24) is 20.9 Å². The second kappa shape index (κ2) is 8.36. The third-order valence-corrected chi connectivity index (χ3v) is 3.37. The molecule has 8 heteroatoms. The molecule has 136 valence electrons. The Morgan fingerprint density at radius 1 is 1.24 bits per heavy atom. The summed E-state index contributed by atoms with van der Waals surface area (Å²) in [5, 5.41) is 8.97. The number of hydrogen-bond donors (Lipinski definition) is 3. The van der Waals surface area contributed by atoms with Gasteiger partial charge in [-0.15, -0.1) is 0 Å². The van der Waals surface area contributed by atoms with Crippen molar-refractivity contribution in [3.05, 3.63) is 42.0 Å². The Labute approximate surface area is 147 Å². The highest BCUT2D eigenvalue weighted by atomic mass is 16.4. The predicted molar refractivity (Wildman–Crippen MR) is 94.4 cm³/mol. The minimum atomic E-state index is -0.246. The fourth-order valence-electron chi connectivity index (χ4n) is 1.97. The number of nitrogens with one attached hydrogen (secondary N) is 3. The number of aliphatic imine (C=N–C) groups is 1. The Balaban J connectivity index is 1.70. The third kappa shape index (κ3) is 5.66. The molecule has 0 bridgehead atoms. The first-order chi connectivity index (χ1) is 11.9. The van der Waals surface area contributed by atoms with Crippen LogP contribution in [0.15, 0.2) is 38.4 Å². The molecule has 0 unspecified atom stereocenters. The lowest BCUT2D eigenvalue weighted by Crippen LogP contribution is -2.41. The summed E-state index contributed by atoms with van der Waals surface area (Å²) < 4.78 is 10.7. The highest BCUT2D eigenvalue weighted by Crippen LogP contribution is 2.22. The second-order valence-corrected chi connectivity index (χ2v) is 6.45. The van der Waals surface area contributed by atoms with Crippen LogP contribution < -0.4 is 16.0 Å². The van der Waals surface area contributed by atoms with E-state index in [0.29, 0.717) is 37.2 Å². The van der Waals surface area contributed by atoms with Crippen LogP contribution >= 0.6 is 0 Å². The molecule has 3 N–H and O–H groups in total. The molecule has 2 aromatic rings. The molecule has 0 fully saturated rings. The molecule has 0 radical (unpaired) electrons. The normalized spacial score (nSPS) is 12.1. The Bertz CT molecular complexity index is 698. The molecular weight excluding hydrogens is 322 g/mol. The first kappa shape index (κ1) is 18.6. The highest BCUT2D eigenvalue weighted by molar-refractivity contribution is 5.91. The van der Waals surface area contributed by atoms with Crippen LogP contribution in [0.1, 0.15) is 43.0 Å². The van der Waals surface area contributed by atoms with Crippen molar-refractivity contribution in [2.24, 2.45) is 4.99 Å². The smallest absolute Gasteiger partial charge is 0.287 e. The number of nitrogens with zero attached hydrogens (tertiary/aromatic N) is 2. The average molecular weight is 347 g/mol. The number of rotatable bonds is 6. The topological polar surface area (TPSA) is 105 Å². The van der Waals surface area contributed by atoms with Crippen molar-refractivity contribution in [3.63, 3.8) is 0 Å². The summed E-state index contributed by atoms with van der Waals surface area (Å²) in [6.45, 7) is 7.60. The van der Waals surface area contributed by atoms with E-state index in [9.17, 15) is 4.79 Å². The standard InChI is InChI=1S/C17H25N5O3/c1-17(2,3)13-10-21-14(25-13)11-22-16(18-4)20-8-7-19-15(23)12-6-5-9-24-12/h5-6,9-10H,7-8,11H2,1-4H3,(H,19,23)(H2,18,20,22). The van der Waals surface area contributed by atoms with Crippen molar-refractivity contribution in [2.75, 3.05) is 20.1 Å². The lowest BCUT2D eigenvalue weighted by molar-refractivity contribution is 0.0926. The summed E-state index contributed by atoms with van der Waals surface area (Å²) in [4.78, 5) is 20.1. The van der Waals surface area contributed by atoms with Gasteiger partial charge in [0.15, 0.2) is 11.7 Å². The predicted octanol–water partition coefficient (Wildman–Crippen LogP) is 1.66. The zero-order valence-corrected chi connectivity index (χ0v) is 15.0. The number of hydrogen-bond acceptors (Lipinski definition) is 5. The maximum atomic E-state index is 11.7. The van der Waals surface area contributed by atoms with Gasteiger partial charge in [0.1, 0.15) is 5.76 Å². The number of carbonyl (C=O) groups excluding carboxylic acids is 1. The first-order valence-corrected chi connectivity index (χ1v) is 8.11. The van der Waals surface area contributed by atoms with Crippen LogP contribution in [0, 0.1) is 0 Å². The van der Waals surface area contributed by atoms with Gasteiger partial charge in [0.05, 0.1) is 19.0 Å². The fourth-order valence-corrected chi connectivity index (χ4v) is 1.97. The molecule has 2 aromatic heterocycles. The number of carbonyl (C=O) groups is 1. The lowest BCUT2D eigenvalue weighted by Gasteiger charge is -2.13. The van der Waals surface area contributed by atoms with Gasteiger partial charge in [0.25, 0.3) is 5.91 Å². The van der Waals surface area contributed by atoms with Crippen LogP contribution in [0.2, 0.25) is 0 Å². The van der Waals surface area contributed by atoms with Crippen LogP contribution in [0.5, 0.6) is 0 Å².